The molecule has 9 heteroatoms. The predicted octanol–water partition coefficient (Wildman–Crippen LogP) is 1.18. The summed E-state index contributed by atoms with van der Waals surface area (Å²) in [5.74, 6) is -0.337. The van der Waals surface area contributed by atoms with E-state index in [0.29, 0.717) is 5.69 Å². The summed E-state index contributed by atoms with van der Waals surface area (Å²) in [6.07, 6.45) is 5.77. The van der Waals surface area contributed by atoms with Crippen molar-refractivity contribution >= 4 is 27.5 Å². The Hall–Kier alpha value is -2.94. The molecule has 3 rings (SSSR count). The number of aromatic nitrogens is 1. The molecule has 0 spiro atoms. The fourth-order valence-electron chi connectivity index (χ4n) is 1.94. The number of likely N-dealkylation sites (N-methyl/N-ethyl adjacent to an activating group) is 1. The van der Waals surface area contributed by atoms with Gasteiger partial charge in [-0.05, 0) is 30.3 Å². The van der Waals surface area contributed by atoms with Crippen molar-refractivity contribution in [3.8, 4) is 0 Å². The third kappa shape index (κ3) is 2.99. The molecule has 0 radical (unpaired) electrons. The van der Waals surface area contributed by atoms with Crippen molar-refractivity contribution in [1.29, 1.82) is 0 Å². The zero-order valence-corrected chi connectivity index (χ0v) is 12.8. The first-order chi connectivity index (χ1) is 11.0. The molecule has 2 aromatic rings. The van der Waals surface area contributed by atoms with Crippen LogP contribution in [0.4, 0.5) is 5.69 Å². The lowest BCUT2D eigenvalue weighted by molar-refractivity contribution is -0.113. The Morgan fingerprint density at radius 1 is 1.30 bits per heavy atom. The second-order valence-corrected chi connectivity index (χ2v) is 6.25. The first-order valence-corrected chi connectivity index (χ1v) is 7.93. The number of anilines is 1. The number of amides is 1. The maximum atomic E-state index is 12.4. The SMILES string of the molecule is CN1C(C(=O)Nc2cccnc2)=CC(c2ccco2)=NS1(=O)=O. The van der Waals surface area contributed by atoms with E-state index < -0.39 is 16.1 Å². The van der Waals surface area contributed by atoms with Crippen LogP contribution < -0.4 is 5.32 Å². The molecule has 0 bridgehead atoms. The van der Waals surface area contributed by atoms with E-state index in [4.69, 9.17) is 4.42 Å². The maximum absolute atomic E-state index is 12.4. The van der Waals surface area contributed by atoms with E-state index in [2.05, 4.69) is 14.7 Å². The summed E-state index contributed by atoms with van der Waals surface area (Å²) in [5, 5.41) is 2.58. The van der Waals surface area contributed by atoms with Crippen molar-refractivity contribution in [1.82, 2.24) is 9.29 Å². The second kappa shape index (κ2) is 5.69. The van der Waals surface area contributed by atoms with Gasteiger partial charge < -0.3 is 9.73 Å². The molecular formula is C14H12N4O4S. The smallest absolute Gasteiger partial charge is 0.345 e. The minimum Gasteiger partial charge on any atom is -0.463 e. The standard InChI is InChI=1S/C14H12N4O4S/c1-18-12(14(19)16-10-4-2-6-15-9-10)8-11(17-23(18,20)21)13-5-3-7-22-13/h2-9H,1H3,(H,16,19). The van der Waals surface area contributed by atoms with Crippen LogP contribution in [0, 0.1) is 0 Å². The van der Waals surface area contributed by atoms with Gasteiger partial charge in [0.1, 0.15) is 11.4 Å². The number of hydrogen-bond donors (Lipinski definition) is 1. The van der Waals surface area contributed by atoms with E-state index in [0.717, 1.165) is 4.31 Å². The number of hydrogen-bond acceptors (Lipinski definition) is 5. The number of carbonyl (C=O) groups excluding carboxylic acids is 1. The van der Waals surface area contributed by atoms with Crippen LogP contribution in [0.1, 0.15) is 5.76 Å². The quantitative estimate of drug-likeness (QED) is 0.908. The normalized spacial score (nSPS) is 16.5. The Labute approximate surface area is 132 Å². The monoisotopic (exact) mass is 332 g/mol. The molecule has 2 aromatic heterocycles. The predicted molar refractivity (Wildman–Crippen MR) is 82.9 cm³/mol. The lowest BCUT2D eigenvalue weighted by atomic mass is 10.2. The molecule has 0 saturated heterocycles. The van der Waals surface area contributed by atoms with Crippen LogP contribution in [-0.4, -0.2) is 36.4 Å². The number of nitrogens with one attached hydrogen (secondary N) is 1. The van der Waals surface area contributed by atoms with Gasteiger partial charge in [-0.3, -0.25) is 9.78 Å². The van der Waals surface area contributed by atoms with Crippen LogP contribution in [0.15, 0.2) is 63.5 Å². The van der Waals surface area contributed by atoms with E-state index in [1.807, 2.05) is 0 Å². The van der Waals surface area contributed by atoms with Gasteiger partial charge in [-0.2, -0.15) is 8.42 Å². The number of rotatable bonds is 3. The molecule has 1 aliphatic heterocycles. The van der Waals surface area contributed by atoms with Crippen molar-refractivity contribution in [3.05, 3.63) is 60.5 Å². The molecular weight excluding hydrogens is 320 g/mol. The highest BCUT2D eigenvalue weighted by atomic mass is 32.2. The third-order valence-corrected chi connectivity index (χ3v) is 4.41. The lowest BCUT2D eigenvalue weighted by Crippen LogP contribution is -2.35. The Kier molecular flexibility index (Phi) is 3.70. The molecule has 0 unspecified atom stereocenters. The van der Waals surface area contributed by atoms with E-state index >= 15 is 0 Å². The summed E-state index contributed by atoms with van der Waals surface area (Å²) in [6.45, 7) is 0. The number of furan rings is 1. The molecule has 23 heavy (non-hydrogen) atoms. The molecule has 1 amide bonds. The van der Waals surface area contributed by atoms with Crippen molar-refractivity contribution < 1.29 is 17.6 Å². The van der Waals surface area contributed by atoms with Crippen molar-refractivity contribution in [2.24, 2.45) is 4.40 Å². The zero-order chi connectivity index (χ0) is 16.4. The highest BCUT2D eigenvalue weighted by Crippen LogP contribution is 2.21. The lowest BCUT2D eigenvalue weighted by Gasteiger charge is -2.22. The molecule has 3 heterocycles. The van der Waals surface area contributed by atoms with Crippen LogP contribution in [-0.2, 0) is 15.0 Å². The van der Waals surface area contributed by atoms with Crippen LogP contribution >= 0.6 is 0 Å². The van der Waals surface area contributed by atoms with Crippen LogP contribution in [0.25, 0.3) is 0 Å². The first-order valence-electron chi connectivity index (χ1n) is 6.53. The summed E-state index contributed by atoms with van der Waals surface area (Å²) in [7, 11) is -2.75. The molecule has 0 fully saturated rings. The van der Waals surface area contributed by atoms with E-state index in [-0.39, 0.29) is 17.2 Å². The van der Waals surface area contributed by atoms with E-state index in [9.17, 15) is 13.2 Å². The molecule has 118 valence electrons. The van der Waals surface area contributed by atoms with E-state index in [1.54, 1.807) is 30.5 Å². The molecule has 0 aromatic carbocycles. The summed E-state index contributed by atoms with van der Waals surface area (Å²) < 4.78 is 33.8. The minimum absolute atomic E-state index is 0.0597. The van der Waals surface area contributed by atoms with Gasteiger partial charge in [0.2, 0.25) is 0 Å². The average Bonchev–Trinajstić information content (AvgIpc) is 3.05. The fraction of sp³-hybridized carbons (Fsp3) is 0.0714. The Balaban J connectivity index is 1.96. The largest absolute Gasteiger partial charge is 0.463 e. The number of allylic oxidation sites excluding steroid dienone is 1. The Morgan fingerprint density at radius 3 is 2.78 bits per heavy atom. The Bertz CT molecular complexity index is 886. The summed E-state index contributed by atoms with van der Waals surface area (Å²) in [5.41, 5.74) is 0.436. The van der Waals surface area contributed by atoms with Crippen molar-refractivity contribution in [3.63, 3.8) is 0 Å². The first kappa shape index (κ1) is 15.0. The molecule has 8 nitrogen and oxygen atoms in total. The molecule has 1 aliphatic rings. The highest BCUT2D eigenvalue weighted by molar-refractivity contribution is 7.88. The summed E-state index contributed by atoms with van der Waals surface area (Å²) in [6, 6.07) is 6.46. The van der Waals surface area contributed by atoms with Gasteiger partial charge in [0, 0.05) is 13.2 Å². The third-order valence-electron chi connectivity index (χ3n) is 3.10. The molecule has 1 N–H and O–H groups in total. The summed E-state index contributed by atoms with van der Waals surface area (Å²) in [4.78, 5) is 16.3. The van der Waals surface area contributed by atoms with Crippen molar-refractivity contribution in [2.75, 3.05) is 12.4 Å². The highest BCUT2D eigenvalue weighted by Gasteiger charge is 2.30. The van der Waals surface area contributed by atoms with Crippen LogP contribution in [0.2, 0.25) is 0 Å². The minimum atomic E-state index is -4.01. The Morgan fingerprint density at radius 2 is 2.13 bits per heavy atom. The van der Waals surface area contributed by atoms with Gasteiger partial charge in [-0.25, -0.2) is 4.31 Å². The van der Waals surface area contributed by atoms with Gasteiger partial charge in [-0.1, -0.05) is 0 Å². The second-order valence-electron chi connectivity index (χ2n) is 4.62. The van der Waals surface area contributed by atoms with Gasteiger partial charge in [-0.15, -0.1) is 4.40 Å². The number of nitrogens with zero attached hydrogens (tertiary/aromatic N) is 3. The zero-order valence-electron chi connectivity index (χ0n) is 12.0. The van der Waals surface area contributed by atoms with Gasteiger partial charge in [0.05, 0.1) is 18.1 Å². The molecule has 0 atom stereocenters. The van der Waals surface area contributed by atoms with Gasteiger partial charge >= 0.3 is 10.2 Å². The fourth-order valence-corrected chi connectivity index (χ4v) is 2.84. The van der Waals surface area contributed by atoms with Crippen LogP contribution in [0.3, 0.4) is 0 Å². The van der Waals surface area contributed by atoms with Gasteiger partial charge in [0.15, 0.2) is 5.76 Å². The topological polar surface area (TPSA) is 105 Å². The van der Waals surface area contributed by atoms with E-state index in [1.165, 1.54) is 25.6 Å². The van der Waals surface area contributed by atoms with Crippen LogP contribution in [0.5, 0.6) is 0 Å². The number of carbonyl (C=O) groups is 1. The van der Waals surface area contributed by atoms with Gasteiger partial charge in [0.25, 0.3) is 5.91 Å². The maximum Gasteiger partial charge on any atom is 0.345 e. The number of pyridine rings is 1. The average molecular weight is 332 g/mol. The molecule has 0 saturated carbocycles. The molecule has 0 aliphatic carbocycles. The summed E-state index contributed by atoms with van der Waals surface area (Å²) >= 11 is 0. The van der Waals surface area contributed by atoms with Crippen molar-refractivity contribution in [2.45, 2.75) is 0 Å².